The van der Waals surface area contributed by atoms with Gasteiger partial charge in [-0.05, 0) is 40.8 Å². The van der Waals surface area contributed by atoms with Crippen LogP contribution in [0.25, 0.3) is 33.7 Å². The summed E-state index contributed by atoms with van der Waals surface area (Å²) in [5.74, 6) is 0.698. The molecular formula is C25H23NO3. The van der Waals surface area contributed by atoms with E-state index >= 15 is 0 Å². The number of benzene rings is 3. The fourth-order valence-corrected chi connectivity index (χ4v) is 3.62. The Hall–Kier alpha value is -3.21. The number of nitrogens with zero attached hydrogens (tertiary/aromatic N) is 1. The molecule has 1 aromatic heterocycles. The van der Waals surface area contributed by atoms with E-state index in [1.54, 1.807) is 7.11 Å². The molecule has 146 valence electrons. The van der Waals surface area contributed by atoms with Crippen LogP contribution in [-0.4, -0.2) is 17.4 Å². The van der Waals surface area contributed by atoms with E-state index in [0.717, 1.165) is 33.5 Å². The summed E-state index contributed by atoms with van der Waals surface area (Å²) >= 11 is 0. The Labute approximate surface area is 170 Å². The second-order valence-electron chi connectivity index (χ2n) is 7.00. The van der Waals surface area contributed by atoms with Gasteiger partial charge in [0.25, 0.3) is 0 Å². The van der Waals surface area contributed by atoms with Crippen LogP contribution in [0.1, 0.15) is 16.7 Å². The van der Waals surface area contributed by atoms with E-state index in [2.05, 4.69) is 36.3 Å². The first-order valence-electron chi connectivity index (χ1n) is 9.55. The minimum Gasteiger partial charge on any atom is -0.392 e. The lowest BCUT2D eigenvalue weighted by atomic mass is 9.92. The lowest BCUT2D eigenvalue weighted by Gasteiger charge is -2.15. The maximum Gasteiger partial charge on any atom is 0.167 e. The van der Waals surface area contributed by atoms with Crippen molar-refractivity contribution in [3.63, 3.8) is 0 Å². The Morgan fingerprint density at radius 2 is 1.66 bits per heavy atom. The molecule has 4 rings (SSSR count). The predicted octanol–water partition coefficient (Wildman–Crippen LogP) is 5.62. The van der Waals surface area contributed by atoms with Gasteiger partial charge in [0.15, 0.2) is 5.76 Å². The van der Waals surface area contributed by atoms with Crippen molar-refractivity contribution in [2.24, 2.45) is 0 Å². The van der Waals surface area contributed by atoms with E-state index in [4.69, 9.17) is 9.26 Å². The molecule has 4 aromatic rings. The van der Waals surface area contributed by atoms with Gasteiger partial charge in [-0.25, -0.2) is 0 Å². The fourth-order valence-electron chi connectivity index (χ4n) is 3.62. The quantitative estimate of drug-likeness (QED) is 0.468. The van der Waals surface area contributed by atoms with Gasteiger partial charge >= 0.3 is 0 Å². The standard InChI is InChI=1S/C25H23NO3/c1-17-21(19-8-4-3-5-9-19)11-12-22(23(17)16-28-2)25-14-24(26-29-25)20-10-6-7-18(13-20)15-27/h3-14,27H,15-16H2,1-2H3. The van der Waals surface area contributed by atoms with Crippen molar-refractivity contribution in [3.05, 3.63) is 89.5 Å². The second-order valence-corrected chi connectivity index (χ2v) is 7.00. The number of ether oxygens (including phenoxy) is 1. The number of hydrogen-bond acceptors (Lipinski definition) is 4. The van der Waals surface area contributed by atoms with E-state index in [1.165, 1.54) is 11.1 Å². The number of hydrogen-bond donors (Lipinski definition) is 1. The largest absolute Gasteiger partial charge is 0.392 e. The molecule has 29 heavy (non-hydrogen) atoms. The van der Waals surface area contributed by atoms with Crippen molar-refractivity contribution in [2.75, 3.05) is 7.11 Å². The van der Waals surface area contributed by atoms with Gasteiger partial charge in [0.1, 0.15) is 5.69 Å². The van der Waals surface area contributed by atoms with Crippen molar-refractivity contribution in [3.8, 4) is 33.7 Å². The molecule has 1 N–H and O–H groups in total. The maximum atomic E-state index is 9.38. The molecule has 0 unspecified atom stereocenters. The average Bonchev–Trinajstić information content (AvgIpc) is 3.26. The topological polar surface area (TPSA) is 55.5 Å². The monoisotopic (exact) mass is 385 g/mol. The summed E-state index contributed by atoms with van der Waals surface area (Å²) in [7, 11) is 1.70. The molecular weight excluding hydrogens is 362 g/mol. The van der Waals surface area contributed by atoms with E-state index in [1.807, 2.05) is 48.5 Å². The highest BCUT2D eigenvalue weighted by molar-refractivity contribution is 5.76. The summed E-state index contributed by atoms with van der Waals surface area (Å²) in [6.07, 6.45) is 0. The first-order chi connectivity index (χ1) is 14.2. The van der Waals surface area contributed by atoms with Crippen LogP contribution >= 0.6 is 0 Å². The third-order valence-corrected chi connectivity index (χ3v) is 5.15. The van der Waals surface area contributed by atoms with Crippen LogP contribution in [0.2, 0.25) is 0 Å². The van der Waals surface area contributed by atoms with Crippen molar-refractivity contribution in [2.45, 2.75) is 20.1 Å². The van der Waals surface area contributed by atoms with E-state index in [0.29, 0.717) is 12.4 Å². The summed E-state index contributed by atoms with van der Waals surface area (Å²) in [6.45, 7) is 2.59. The Morgan fingerprint density at radius 1 is 0.897 bits per heavy atom. The summed E-state index contributed by atoms with van der Waals surface area (Å²) < 4.78 is 11.2. The van der Waals surface area contributed by atoms with Crippen LogP contribution in [0, 0.1) is 6.92 Å². The van der Waals surface area contributed by atoms with Crippen LogP contribution in [0.3, 0.4) is 0 Å². The predicted molar refractivity (Wildman–Crippen MR) is 114 cm³/mol. The van der Waals surface area contributed by atoms with Gasteiger partial charge in [-0.3, -0.25) is 0 Å². The molecule has 0 aliphatic heterocycles. The molecule has 0 atom stereocenters. The SMILES string of the molecule is COCc1c(-c2cc(-c3cccc(CO)c3)no2)ccc(-c2ccccc2)c1C. The third-order valence-electron chi connectivity index (χ3n) is 5.15. The number of aliphatic hydroxyl groups excluding tert-OH is 1. The normalized spacial score (nSPS) is 11.0. The van der Waals surface area contributed by atoms with Crippen molar-refractivity contribution >= 4 is 0 Å². The third kappa shape index (κ3) is 3.86. The number of aliphatic hydroxyl groups is 1. The zero-order valence-electron chi connectivity index (χ0n) is 16.6. The Bertz CT molecular complexity index is 1120. The van der Waals surface area contributed by atoms with Gasteiger partial charge < -0.3 is 14.4 Å². The number of methoxy groups -OCH3 is 1. The maximum absolute atomic E-state index is 9.38. The highest BCUT2D eigenvalue weighted by atomic mass is 16.5. The van der Waals surface area contributed by atoms with Gasteiger partial charge in [-0.15, -0.1) is 0 Å². The van der Waals surface area contributed by atoms with Gasteiger partial charge in [-0.1, -0.05) is 65.8 Å². The first kappa shape index (κ1) is 19.1. The van der Waals surface area contributed by atoms with Crippen molar-refractivity contribution in [1.29, 1.82) is 0 Å². The molecule has 0 radical (unpaired) electrons. The van der Waals surface area contributed by atoms with Crippen LogP contribution in [0.5, 0.6) is 0 Å². The van der Waals surface area contributed by atoms with E-state index < -0.39 is 0 Å². The molecule has 0 aliphatic rings. The van der Waals surface area contributed by atoms with Gasteiger partial charge in [0.2, 0.25) is 0 Å². The molecule has 0 saturated carbocycles. The second kappa shape index (κ2) is 8.43. The number of rotatable bonds is 6. The summed E-state index contributed by atoms with van der Waals surface area (Å²) in [6, 6.07) is 24.1. The molecule has 1 heterocycles. The highest BCUT2D eigenvalue weighted by Crippen LogP contribution is 2.35. The lowest BCUT2D eigenvalue weighted by molar-refractivity contribution is 0.184. The molecule has 0 fully saturated rings. The zero-order valence-corrected chi connectivity index (χ0v) is 16.6. The minimum absolute atomic E-state index is 0.00330. The van der Waals surface area contributed by atoms with Crippen molar-refractivity contribution < 1.29 is 14.4 Å². The van der Waals surface area contributed by atoms with Crippen LogP contribution in [-0.2, 0) is 18.0 Å². The van der Waals surface area contributed by atoms with Gasteiger partial charge in [-0.2, -0.15) is 0 Å². The Kier molecular flexibility index (Phi) is 5.56. The Balaban J connectivity index is 1.77. The Morgan fingerprint density at radius 3 is 2.41 bits per heavy atom. The van der Waals surface area contributed by atoms with Crippen LogP contribution < -0.4 is 0 Å². The fraction of sp³-hybridized carbons (Fsp3) is 0.160. The molecule has 3 aromatic carbocycles. The van der Waals surface area contributed by atoms with Crippen LogP contribution in [0.4, 0.5) is 0 Å². The first-order valence-corrected chi connectivity index (χ1v) is 9.55. The molecule has 0 aliphatic carbocycles. The molecule has 4 nitrogen and oxygen atoms in total. The number of aromatic nitrogens is 1. The molecule has 4 heteroatoms. The molecule has 0 saturated heterocycles. The highest BCUT2D eigenvalue weighted by Gasteiger charge is 2.17. The van der Waals surface area contributed by atoms with Gasteiger partial charge in [0, 0.05) is 24.3 Å². The van der Waals surface area contributed by atoms with Crippen molar-refractivity contribution in [1.82, 2.24) is 5.16 Å². The summed E-state index contributed by atoms with van der Waals surface area (Å²) in [5.41, 5.74) is 8.07. The van der Waals surface area contributed by atoms with Crippen LogP contribution in [0.15, 0.2) is 77.3 Å². The molecule has 0 bridgehead atoms. The zero-order chi connectivity index (χ0) is 20.2. The molecule has 0 amide bonds. The van der Waals surface area contributed by atoms with Gasteiger partial charge in [0.05, 0.1) is 13.2 Å². The minimum atomic E-state index is -0.00330. The molecule has 0 spiro atoms. The summed E-state index contributed by atoms with van der Waals surface area (Å²) in [5, 5.41) is 13.6. The summed E-state index contributed by atoms with van der Waals surface area (Å²) in [4.78, 5) is 0. The van der Waals surface area contributed by atoms with E-state index in [9.17, 15) is 5.11 Å². The smallest absolute Gasteiger partial charge is 0.167 e. The average molecular weight is 385 g/mol. The van der Waals surface area contributed by atoms with E-state index in [-0.39, 0.29) is 6.61 Å². The lowest BCUT2D eigenvalue weighted by Crippen LogP contribution is -1.98.